The van der Waals surface area contributed by atoms with Crippen LogP contribution in [0.3, 0.4) is 0 Å². The van der Waals surface area contributed by atoms with Crippen molar-refractivity contribution in [3.63, 3.8) is 0 Å². The van der Waals surface area contributed by atoms with Gasteiger partial charge < -0.3 is 10.1 Å². The van der Waals surface area contributed by atoms with Crippen molar-refractivity contribution in [1.82, 2.24) is 15.3 Å². The number of ether oxygens (including phenoxy) is 1. The maximum absolute atomic E-state index is 13.4. The standard InChI is InChI=1S/C15H17BrFN3O/c1-10(2)5-18-6-11-3-13(17)8-20-15(11)21-14-4-12(16)7-19-9-14/h3-4,7-10,18H,5-6H2,1-2H3. The number of nitrogens with one attached hydrogen (secondary N) is 1. The molecule has 0 fully saturated rings. The van der Waals surface area contributed by atoms with Gasteiger partial charge in [0.2, 0.25) is 5.88 Å². The van der Waals surface area contributed by atoms with E-state index >= 15 is 0 Å². The fourth-order valence-electron chi connectivity index (χ4n) is 1.74. The molecule has 0 unspecified atom stereocenters. The molecule has 1 N–H and O–H groups in total. The summed E-state index contributed by atoms with van der Waals surface area (Å²) < 4.78 is 19.9. The quantitative estimate of drug-likeness (QED) is 0.854. The van der Waals surface area contributed by atoms with Crippen LogP contribution >= 0.6 is 15.9 Å². The summed E-state index contributed by atoms with van der Waals surface area (Å²) in [5.41, 5.74) is 0.677. The number of hydrogen-bond donors (Lipinski definition) is 1. The molecule has 0 aromatic carbocycles. The second kappa shape index (κ2) is 7.47. The molecular weight excluding hydrogens is 337 g/mol. The summed E-state index contributed by atoms with van der Waals surface area (Å²) in [6, 6.07) is 3.21. The zero-order valence-corrected chi connectivity index (χ0v) is 13.5. The van der Waals surface area contributed by atoms with Crippen LogP contribution in [0.25, 0.3) is 0 Å². The van der Waals surface area contributed by atoms with Crippen LogP contribution in [0.15, 0.2) is 35.2 Å². The van der Waals surface area contributed by atoms with E-state index in [2.05, 4.69) is 45.1 Å². The van der Waals surface area contributed by atoms with Crippen LogP contribution in [0.1, 0.15) is 19.4 Å². The van der Waals surface area contributed by atoms with Gasteiger partial charge in [-0.1, -0.05) is 13.8 Å². The van der Waals surface area contributed by atoms with Crippen molar-refractivity contribution >= 4 is 15.9 Å². The first-order valence-electron chi connectivity index (χ1n) is 6.68. The molecule has 0 amide bonds. The van der Waals surface area contributed by atoms with Gasteiger partial charge in [0.05, 0.1) is 12.4 Å². The number of aromatic nitrogens is 2. The van der Waals surface area contributed by atoms with Crippen LogP contribution in [0, 0.1) is 11.7 Å². The van der Waals surface area contributed by atoms with E-state index in [1.54, 1.807) is 18.5 Å². The average Bonchev–Trinajstić information content (AvgIpc) is 2.41. The van der Waals surface area contributed by atoms with Crippen LogP contribution in [-0.2, 0) is 6.54 Å². The first-order valence-corrected chi connectivity index (χ1v) is 7.47. The molecule has 0 saturated carbocycles. The second-order valence-corrected chi connectivity index (χ2v) is 6.00. The molecule has 6 heteroatoms. The van der Waals surface area contributed by atoms with Crippen molar-refractivity contribution in [3.05, 3.63) is 46.6 Å². The highest BCUT2D eigenvalue weighted by molar-refractivity contribution is 9.10. The molecule has 0 saturated heterocycles. The lowest BCUT2D eigenvalue weighted by atomic mass is 10.2. The van der Waals surface area contributed by atoms with Gasteiger partial charge in [0.25, 0.3) is 0 Å². The Morgan fingerprint density at radius 1 is 1.29 bits per heavy atom. The number of nitrogens with zero attached hydrogens (tertiary/aromatic N) is 2. The number of halogens is 2. The summed E-state index contributed by atoms with van der Waals surface area (Å²) in [5, 5.41) is 3.25. The Kier molecular flexibility index (Phi) is 5.64. The fourth-order valence-corrected chi connectivity index (χ4v) is 2.09. The molecule has 112 valence electrons. The van der Waals surface area contributed by atoms with E-state index in [0.29, 0.717) is 29.7 Å². The highest BCUT2D eigenvalue weighted by atomic mass is 79.9. The van der Waals surface area contributed by atoms with E-state index in [4.69, 9.17) is 4.74 Å². The lowest BCUT2D eigenvalue weighted by Crippen LogP contribution is -2.19. The van der Waals surface area contributed by atoms with Gasteiger partial charge in [-0.2, -0.15) is 0 Å². The van der Waals surface area contributed by atoms with Gasteiger partial charge in [-0.05, 0) is 40.5 Å². The van der Waals surface area contributed by atoms with Crippen molar-refractivity contribution in [2.45, 2.75) is 20.4 Å². The molecular formula is C15H17BrFN3O. The second-order valence-electron chi connectivity index (χ2n) is 5.08. The van der Waals surface area contributed by atoms with Crippen molar-refractivity contribution in [2.75, 3.05) is 6.54 Å². The van der Waals surface area contributed by atoms with Crippen LogP contribution in [0.2, 0.25) is 0 Å². The zero-order chi connectivity index (χ0) is 15.2. The molecule has 0 aliphatic heterocycles. The molecule has 2 aromatic heterocycles. The first kappa shape index (κ1) is 15.9. The summed E-state index contributed by atoms with van der Waals surface area (Å²) in [5.74, 6) is 1.07. The Morgan fingerprint density at radius 2 is 2.10 bits per heavy atom. The SMILES string of the molecule is CC(C)CNCc1cc(F)cnc1Oc1cncc(Br)c1. The molecule has 0 bridgehead atoms. The molecule has 21 heavy (non-hydrogen) atoms. The topological polar surface area (TPSA) is 47.0 Å². The molecule has 2 heterocycles. The van der Waals surface area contributed by atoms with Gasteiger partial charge in [-0.15, -0.1) is 0 Å². The third kappa shape index (κ3) is 5.06. The highest BCUT2D eigenvalue weighted by Gasteiger charge is 2.09. The van der Waals surface area contributed by atoms with Gasteiger partial charge in [-0.25, -0.2) is 9.37 Å². The van der Waals surface area contributed by atoms with Crippen LogP contribution in [0.4, 0.5) is 4.39 Å². The monoisotopic (exact) mass is 353 g/mol. The molecule has 4 nitrogen and oxygen atoms in total. The van der Waals surface area contributed by atoms with E-state index in [1.807, 2.05) is 0 Å². The van der Waals surface area contributed by atoms with Crippen molar-refractivity contribution in [1.29, 1.82) is 0 Å². The maximum Gasteiger partial charge on any atom is 0.223 e. The third-order valence-corrected chi connectivity index (χ3v) is 3.09. The lowest BCUT2D eigenvalue weighted by molar-refractivity contribution is 0.443. The van der Waals surface area contributed by atoms with Gasteiger partial charge >= 0.3 is 0 Å². The number of pyridine rings is 2. The van der Waals surface area contributed by atoms with Crippen LogP contribution in [0.5, 0.6) is 11.6 Å². The zero-order valence-electron chi connectivity index (χ0n) is 11.9. The summed E-state index contributed by atoms with van der Waals surface area (Å²) >= 11 is 3.33. The van der Waals surface area contributed by atoms with E-state index in [0.717, 1.165) is 17.2 Å². The van der Waals surface area contributed by atoms with E-state index in [1.165, 1.54) is 6.07 Å². The Morgan fingerprint density at radius 3 is 2.81 bits per heavy atom. The van der Waals surface area contributed by atoms with Gasteiger partial charge in [0.1, 0.15) is 11.6 Å². The summed E-state index contributed by atoms with van der Waals surface area (Å²) in [4.78, 5) is 8.04. The van der Waals surface area contributed by atoms with E-state index < -0.39 is 0 Å². The van der Waals surface area contributed by atoms with Crippen LogP contribution in [-0.4, -0.2) is 16.5 Å². The summed E-state index contributed by atoms with van der Waals surface area (Å²) in [6.07, 6.45) is 4.39. The Balaban J connectivity index is 2.14. The number of rotatable bonds is 6. The van der Waals surface area contributed by atoms with Gasteiger partial charge in [-0.3, -0.25) is 4.98 Å². The minimum absolute atomic E-state index is 0.379. The van der Waals surface area contributed by atoms with E-state index in [-0.39, 0.29) is 5.82 Å². The Bertz CT molecular complexity index is 607. The van der Waals surface area contributed by atoms with Gasteiger partial charge in [0, 0.05) is 22.8 Å². The minimum Gasteiger partial charge on any atom is -0.437 e. The summed E-state index contributed by atoms with van der Waals surface area (Å²) in [6.45, 7) is 5.57. The minimum atomic E-state index is -0.379. The average molecular weight is 354 g/mol. The predicted molar refractivity (Wildman–Crippen MR) is 82.8 cm³/mol. The first-order chi connectivity index (χ1) is 10.0. The summed E-state index contributed by atoms with van der Waals surface area (Å²) in [7, 11) is 0. The Hall–Kier alpha value is -1.53. The lowest BCUT2D eigenvalue weighted by Gasteiger charge is -2.12. The van der Waals surface area contributed by atoms with E-state index in [9.17, 15) is 4.39 Å². The van der Waals surface area contributed by atoms with Crippen molar-refractivity contribution in [2.24, 2.45) is 5.92 Å². The molecule has 2 aromatic rings. The molecule has 0 spiro atoms. The third-order valence-electron chi connectivity index (χ3n) is 2.65. The molecule has 0 aliphatic carbocycles. The van der Waals surface area contributed by atoms with Crippen molar-refractivity contribution in [3.8, 4) is 11.6 Å². The molecule has 0 aliphatic rings. The smallest absolute Gasteiger partial charge is 0.223 e. The largest absolute Gasteiger partial charge is 0.437 e. The molecule has 0 atom stereocenters. The highest BCUT2D eigenvalue weighted by Crippen LogP contribution is 2.25. The molecule has 2 rings (SSSR count). The van der Waals surface area contributed by atoms with Crippen LogP contribution < -0.4 is 10.1 Å². The van der Waals surface area contributed by atoms with Gasteiger partial charge in [0.15, 0.2) is 0 Å². The Labute approximate surface area is 131 Å². The molecule has 0 radical (unpaired) electrons. The van der Waals surface area contributed by atoms with Crippen molar-refractivity contribution < 1.29 is 9.13 Å². The fraction of sp³-hybridized carbons (Fsp3) is 0.333. The number of hydrogen-bond acceptors (Lipinski definition) is 4. The normalized spacial score (nSPS) is 10.9. The predicted octanol–water partition coefficient (Wildman–Crippen LogP) is 3.92. The maximum atomic E-state index is 13.4.